The molecule has 0 fully saturated rings. The molecule has 0 radical (unpaired) electrons. The second-order valence-electron chi connectivity index (χ2n) is 5.12. The van der Waals surface area contributed by atoms with Crippen LogP contribution in [0.4, 0.5) is 5.13 Å². The molecule has 1 amide bonds. The van der Waals surface area contributed by atoms with Gasteiger partial charge in [0.15, 0.2) is 5.13 Å². The molecule has 6 heteroatoms. The van der Waals surface area contributed by atoms with Crippen molar-refractivity contribution in [3.05, 3.63) is 68.5 Å². The van der Waals surface area contributed by atoms with Crippen molar-refractivity contribution in [3.63, 3.8) is 0 Å². The SMILES string of the molecule is CCc1sc(NC(=O)c2cccc(Cl)c2)nc1-c1ccc(Br)cc1. The summed E-state index contributed by atoms with van der Waals surface area (Å²) in [5, 5.41) is 3.99. The van der Waals surface area contributed by atoms with Crippen LogP contribution in [0.1, 0.15) is 22.2 Å². The molecule has 0 aliphatic heterocycles. The highest BCUT2D eigenvalue weighted by Gasteiger charge is 2.14. The second-order valence-corrected chi connectivity index (χ2v) is 7.55. The van der Waals surface area contributed by atoms with Gasteiger partial charge in [0, 0.05) is 25.5 Å². The summed E-state index contributed by atoms with van der Waals surface area (Å²) in [5.41, 5.74) is 2.46. The van der Waals surface area contributed by atoms with Gasteiger partial charge in [0.1, 0.15) is 0 Å². The van der Waals surface area contributed by atoms with Gasteiger partial charge in [-0.3, -0.25) is 10.1 Å². The second kappa shape index (κ2) is 7.47. The molecule has 0 unspecified atom stereocenters. The van der Waals surface area contributed by atoms with E-state index in [-0.39, 0.29) is 5.91 Å². The van der Waals surface area contributed by atoms with E-state index in [2.05, 4.69) is 33.2 Å². The molecule has 1 heterocycles. The van der Waals surface area contributed by atoms with Gasteiger partial charge >= 0.3 is 0 Å². The van der Waals surface area contributed by atoms with Crippen molar-refractivity contribution in [1.29, 1.82) is 0 Å². The molecule has 0 saturated carbocycles. The van der Waals surface area contributed by atoms with Gasteiger partial charge in [-0.25, -0.2) is 4.98 Å². The zero-order valence-corrected chi connectivity index (χ0v) is 16.0. The summed E-state index contributed by atoms with van der Waals surface area (Å²) < 4.78 is 1.02. The van der Waals surface area contributed by atoms with Crippen LogP contribution in [0.2, 0.25) is 5.02 Å². The Morgan fingerprint density at radius 1 is 1.25 bits per heavy atom. The average Bonchev–Trinajstić information content (AvgIpc) is 2.98. The van der Waals surface area contributed by atoms with Crippen LogP contribution in [0.3, 0.4) is 0 Å². The van der Waals surface area contributed by atoms with E-state index in [4.69, 9.17) is 11.6 Å². The fourth-order valence-corrected chi connectivity index (χ4v) is 3.65. The number of thiazole rings is 1. The highest BCUT2D eigenvalue weighted by Crippen LogP contribution is 2.32. The molecule has 3 nitrogen and oxygen atoms in total. The molecule has 0 bridgehead atoms. The van der Waals surface area contributed by atoms with Gasteiger partial charge in [-0.2, -0.15) is 0 Å². The van der Waals surface area contributed by atoms with E-state index < -0.39 is 0 Å². The number of aromatic nitrogens is 1. The lowest BCUT2D eigenvalue weighted by Gasteiger charge is -2.02. The third-order valence-corrected chi connectivity index (χ3v) is 5.32. The highest BCUT2D eigenvalue weighted by molar-refractivity contribution is 9.10. The average molecular weight is 422 g/mol. The Morgan fingerprint density at radius 3 is 2.67 bits per heavy atom. The van der Waals surface area contributed by atoms with Crippen LogP contribution < -0.4 is 5.32 Å². The van der Waals surface area contributed by atoms with Crippen LogP contribution in [0, 0.1) is 0 Å². The predicted molar refractivity (Wildman–Crippen MR) is 104 cm³/mol. The number of nitrogens with one attached hydrogen (secondary N) is 1. The van der Waals surface area contributed by atoms with E-state index >= 15 is 0 Å². The number of rotatable bonds is 4. The summed E-state index contributed by atoms with van der Waals surface area (Å²) in [6.07, 6.45) is 0.857. The van der Waals surface area contributed by atoms with Crippen LogP contribution >= 0.6 is 38.9 Å². The molecule has 24 heavy (non-hydrogen) atoms. The molecule has 1 N–H and O–H groups in total. The van der Waals surface area contributed by atoms with Crippen LogP contribution in [0.15, 0.2) is 53.0 Å². The van der Waals surface area contributed by atoms with Crippen LogP contribution in [-0.4, -0.2) is 10.9 Å². The fraction of sp³-hybridized carbons (Fsp3) is 0.111. The third kappa shape index (κ3) is 3.86. The molecule has 2 aromatic carbocycles. The standard InChI is InChI=1S/C18H14BrClN2OS/c1-2-15-16(11-6-8-13(19)9-7-11)21-18(24-15)22-17(23)12-4-3-5-14(20)10-12/h3-10H,2H2,1H3,(H,21,22,23). The zero-order valence-electron chi connectivity index (χ0n) is 12.8. The van der Waals surface area contributed by atoms with E-state index in [0.29, 0.717) is 15.7 Å². The molecule has 3 rings (SSSR count). The van der Waals surface area contributed by atoms with E-state index in [0.717, 1.165) is 27.0 Å². The first kappa shape index (κ1) is 17.1. The lowest BCUT2D eigenvalue weighted by atomic mass is 10.1. The number of amides is 1. The van der Waals surface area contributed by atoms with Crippen molar-refractivity contribution < 1.29 is 4.79 Å². The van der Waals surface area contributed by atoms with Gasteiger partial charge < -0.3 is 0 Å². The number of halogens is 2. The first-order valence-electron chi connectivity index (χ1n) is 7.39. The van der Waals surface area contributed by atoms with Crippen LogP contribution in [-0.2, 0) is 6.42 Å². The molecular formula is C18H14BrClN2OS. The monoisotopic (exact) mass is 420 g/mol. The minimum Gasteiger partial charge on any atom is -0.298 e. The van der Waals surface area contributed by atoms with Gasteiger partial charge in [-0.1, -0.05) is 52.7 Å². The number of anilines is 1. The smallest absolute Gasteiger partial charge is 0.257 e. The Hall–Kier alpha value is -1.69. The Balaban J connectivity index is 1.87. The number of hydrogen-bond acceptors (Lipinski definition) is 3. The highest BCUT2D eigenvalue weighted by atomic mass is 79.9. The van der Waals surface area contributed by atoms with E-state index in [1.165, 1.54) is 11.3 Å². The van der Waals surface area contributed by atoms with Crippen molar-refractivity contribution in [3.8, 4) is 11.3 Å². The van der Waals surface area contributed by atoms with Crippen LogP contribution in [0.25, 0.3) is 11.3 Å². The molecule has 0 atom stereocenters. The Labute approximate surface area is 157 Å². The molecule has 122 valence electrons. The largest absolute Gasteiger partial charge is 0.298 e. The van der Waals surface area contributed by atoms with Crippen molar-refractivity contribution in [2.75, 3.05) is 5.32 Å². The number of hydrogen-bond donors (Lipinski definition) is 1. The Morgan fingerprint density at radius 2 is 2.00 bits per heavy atom. The maximum absolute atomic E-state index is 12.3. The number of nitrogens with zero attached hydrogens (tertiary/aromatic N) is 1. The van der Waals surface area contributed by atoms with Gasteiger partial charge in [0.2, 0.25) is 0 Å². The van der Waals surface area contributed by atoms with Gasteiger partial charge in [0.25, 0.3) is 5.91 Å². The maximum atomic E-state index is 12.3. The topological polar surface area (TPSA) is 42.0 Å². The molecule has 0 aliphatic carbocycles. The van der Waals surface area contributed by atoms with Crippen molar-refractivity contribution in [2.45, 2.75) is 13.3 Å². The Kier molecular flexibility index (Phi) is 5.33. The summed E-state index contributed by atoms with van der Waals surface area (Å²) in [4.78, 5) is 18.1. The molecule has 1 aromatic heterocycles. The van der Waals surface area contributed by atoms with Crippen molar-refractivity contribution in [2.24, 2.45) is 0 Å². The number of carbonyl (C=O) groups is 1. The fourth-order valence-electron chi connectivity index (χ4n) is 2.28. The van der Waals surface area contributed by atoms with E-state index in [9.17, 15) is 4.79 Å². The van der Waals surface area contributed by atoms with Gasteiger partial charge in [0.05, 0.1) is 5.69 Å². The third-order valence-electron chi connectivity index (χ3n) is 3.44. The number of benzene rings is 2. The predicted octanol–water partition coefficient (Wildman–Crippen LogP) is 6.04. The number of aryl methyl sites for hydroxylation is 1. The minimum atomic E-state index is -0.212. The lowest BCUT2D eigenvalue weighted by molar-refractivity contribution is 0.102. The quantitative estimate of drug-likeness (QED) is 0.558. The maximum Gasteiger partial charge on any atom is 0.257 e. The lowest BCUT2D eigenvalue weighted by Crippen LogP contribution is -2.11. The Bertz CT molecular complexity index is 877. The first-order valence-corrected chi connectivity index (χ1v) is 9.38. The molecular weight excluding hydrogens is 408 g/mol. The normalized spacial score (nSPS) is 10.6. The molecule has 0 aliphatic rings. The summed E-state index contributed by atoms with van der Waals surface area (Å²) >= 11 is 10.9. The summed E-state index contributed by atoms with van der Waals surface area (Å²) in [6.45, 7) is 2.08. The number of carbonyl (C=O) groups excluding carboxylic acids is 1. The van der Waals surface area contributed by atoms with Crippen LogP contribution in [0.5, 0.6) is 0 Å². The van der Waals surface area contributed by atoms with Crippen molar-refractivity contribution in [1.82, 2.24) is 4.98 Å². The van der Waals surface area contributed by atoms with Crippen molar-refractivity contribution >= 4 is 49.9 Å². The van der Waals surface area contributed by atoms with E-state index in [1.54, 1.807) is 24.3 Å². The minimum absolute atomic E-state index is 0.212. The summed E-state index contributed by atoms with van der Waals surface area (Å²) in [7, 11) is 0. The molecule has 0 spiro atoms. The zero-order chi connectivity index (χ0) is 17.1. The van der Waals surface area contributed by atoms with Gasteiger partial charge in [-0.15, -0.1) is 11.3 Å². The molecule has 0 saturated heterocycles. The molecule has 3 aromatic rings. The summed E-state index contributed by atoms with van der Waals surface area (Å²) in [6, 6.07) is 14.9. The van der Waals surface area contributed by atoms with Gasteiger partial charge in [-0.05, 0) is 36.8 Å². The van der Waals surface area contributed by atoms with E-state index in [1.807, 2.05) is 24.3 Å². The first-order chi connectivity index (χ1) is 11.6. The summed E-state index contributed by atoms with van der Waals surface area (Å²) in [5.74, 6) is -0.212.